The van der Waals surface area contributed by atoms with Gasteiger partial charge >= 0.3 is 0 Å². The smallest absolute Gasteiger partial charge is 0.0406 e. The fraction of sp³-hybridized carbons (Fsp3) is 0.625. The molecule has 0 heterocycles. The molecular weight excluding hydrogens is 242 g/mol. The molecule has 1 fully saturated rings. The van der Waals surface area contributed by atoms with E-state index in [0.717, 1.165) is 18.1 Å². The lowest BCUT2D eigenvalue weighted by Gasteiger charge is -2.34. The lowest BCUT2D eigenvalue weighted by Crippen LogP contribution is -2.37. The van der Waals surface area contributed by atoms with Crippen molar-refractivity contribution in [1.82, 2.24) is 5.32 Å². The van der Waals surface area contributed by atoms with Crippen LogP contribution in [0.5, 0.6) is 0 Å². The van der Waals surface area contributed by atoms with E-state index in [4.69, 9.17) is 11.6 Å². The second-order valence-electron chi connectivity index (χ2n) is 5.48. The third-order valence-corrected chi connectivity index (χ3v) is 4.48. The minimum absolute atomic E-state index is 0.330. The van der Waals surface area contributed by atoms with Crippen LogP contribution in [-0.4, -0.2) is 13.1 Å². The molecule has 0 radical (unpaired) electrons. The quantitative estimate of drug-likeness (QED) is 0.788. The van der Waals surface area contributed by atoms with Crippen molar-refractivity contribution in [3.63, 3.8) is 0 Å². The third kappa shape index (κ3) is 3.27. The molecule has 1 aliphatic carbocycles. The molecule has 2 heteroatoms. The van der Waals surface area contributed by atoms with E-state index < -0.39 is 0 Å². The van der Waals surface area contributed by atoms with E-state index in [1.165, 1.54) is 44.1 Å². The van der Waals surface area contributed by atoms with Crippen LogP contribution in [-0.2, 0) is 5.41 Å². The molecule has 0 spiro atoms. The van der Waals surface area contributed by atoms with Crippen LogP contribution in [0.3, 0.4) is 0 Å². The Balaban J connectivity index is 2.24. The van der Waals surface area contributed by atoms with Crippen LogP contribution >= 0.6 is 11.6 Å². The number of nitrogens with one attached hydrogen (secondary N) is 1. The monoisotopic (exact) mass is 265 g/mol. The Morgan fingerprint density at radius 2 is 1.67 bits per heavy atom. The highest BCUT2D eigenvalue weighted by Crippen LogP contribution is 2.38. The molecule has 18 heavy (non-hydrogen) atoms. The first kappa shape index (κ1) is 13.9. The fourth-order valence-corrected chi connectivity index (χ4v) is 3.27. The molecule has 1 aromatic rings. The molecule has 0 saturated heterocycles. The van der Waals surface area contributed by atoms with Gasteiger partial charge in [0.2, 0.25) is 0 Å². The highest BCUT2D eigenvalue weighted by molar-refractivity contribution is 6.30. The van der Waals surface area contributed by atoms with E-state index >= 15 is 0 Å². The largest absolute Gasteiger partial charge is 0.316 e. The van der Waals surface area contributed by atoms with Gasteiger partial charge in [-0.05, 0) is 37.1 Å². The van der Waals surface area contributed by atoms with Crippen LogP contribution in [0.2, 0.25) is 5.02 Å². The molecule has 0 unspecified atom stereocenters. The summed E-state index contributed by atoms with van der Waals surface area (Å²) < 4.78 is 0. The first-order valence-electron chi connectivity index (χ1n) is 7.24. The van der Waals surface area contributed by atoms with Gasteiger partial charge < -0.3 is 5.32 Å². The predicted molar refractivity (Wildman–Crippen MR) is 79.4 cm³/mol. The molecule has 1 N–H and O–H groups in total. The minimum Gasteiger partial charge on any atom is -0.316 e. The molecule has 1 aliphatic rings. The van der Waals surface area contributed by atoms with E-state index in [1.54, 1.807) is 0 Å². The summed E-state index contributed by atoms with van der Waals surface area (Å²) in [4.78, 5) is 0. The van der Waals surface area contributed by atoms with E-state index in [9.17, 15) is 0 Å². The lowest BCUT2D eigenvalue weighted by atomic mass is 9.74. The highest BCUT2D eigenvalue weighted by atomic mass is 35.5. The average Bonchev–Trinajstić information content (AvgIpc) is 2.64. The van der Waals surface area contributed by atoms with Gasteiger partial charge in [-0.25, -0.2) is 0 Å². The molecule has 0 bridgehead atoms. The lowest BCUT2D eigenvalue weighted by molar-refractivity contribution is 0.350. The van der Waals surface area contributed by atoms with Crippen molar-refractivity contribution in [3.05, 3.63) is 34.9 Å². The van der Waals surface area contributed by atoms with Gasteiger partial charge in [0.25, 0.3) is 0 Å². The second kappa shape index (κ2) is 6.58. The Bertz CT molecular complexity index is 350. The summed E-state index contributed by atoms with van der Waals surface area (Å²) in [6, 6.07) is 8.53. The van der Waals surface area contributed by atoms with Crippen LogP contribution in [0.1, 0.15) is 51.0 Å². The molecule has 0 aromatic heterocycles. The Kier molecular flexibility index (Phi) is 5.08. The Morgan fingerprint density at radius 1 is 1.06 bits per heavy atom. The van der Waals surface area contributed by atoms with E-state index in [0.29, 0.717) is 5.41 Å². The first-order valence-corrected chi connectivity index (χ1v) is 7.61. The summed E-state index contributed by atoms with van der Waals surface area (Å²) in [5, 5.41) is 4.41. The second-order valence-corrected chi connectivity index (χ2v) is 5.92. The number of likely N-dealkylation sites (N-methyl/N-ethyl adjacent to an activating group) is 1. The number of hydrogen-bond acceptors (Lipinski definition) is 1. The van der Waals surface area contributed by atoms with Gasteiger partial charge in [0.05, 0.1) is 0 Å². The van der Waals surface area contributed by atoms with Crippen molar-refractivity contribution >= 4 is 11.6 Å². The molecule has 0 aliphatic heterocycles. The third-order valence-electron chi connectivity index (χ3n) is 4.23. The standard InChI is InChI=1S/C16H24ClN/c1-2-18-13-16(11-5-3-4-6-12-16)14-7-9-15(17)10-8-14/h7-10,18H,2-6,11-13H2,1H3. The molecule has 1 nitrogen and oxygen atoms in total. The normalized spacial score (nSPS) is 19.4. The van der Waals surface area contributed by atoms with Crippen molar-refractivity contribution in [2.75, 3.05) is 13.1 Å². The summed E-state index contributed by atoms with van der Waals surface area (Å²) in [5.74, 6) is 0. The Morgan fingerprint density at radius 3 is 2.22 bits per heavy atom. The molecule has 2 rings (SSSR count). The summed E-state index contributed by atoms with van der Waals surface area (Å²) in [6.07, 6.45) is 8.11. The topological polar surface area (TPSA) is 12.0 Å². The minimum atomic E-state index is 0.330. The fourth-order valence-electron chi connectivity index (χ4n) is 3.14. The van der Waals surface area contributed by atoms with Crippen LogP contribution in [0, 0.1) is 0 Å². The van der Waals surface area contributed by atoms with Gasteiger partial charge in [0.15, 0.2) is 0 Å². The summed E-state index contributed by atoms with van der Waals surface area (Å²) in [6.45, 7) is 4.34. The van der Waals surface area contributed by atoms with Crippen molar-refractivity contribution < 1.29 is 0 Å². The van der Waals surface area contributed by atoms with E-state index in [2.05, 4.69) is 24.4 Å². The van der Waals surface area contributed by atoms with Crippen molar-refractivity contribution in [2.45, 2.75) is 50.9 Å². The summed E-state index contributed by atoms with van der Waals surface area (Å²) in [7, 11) is 0. The summed E-state index contributed by atoms with van der Waals surface area (Å²) >= 11 is 6.02. The predicted octanol–water partition coefficient (Wildman–Crippen LogP) is 4.54. The SMILES string of the molecule is CCNCC1(c2ccc(Cl)cc2)CCCCCC1. The van der Waals surface area contributed by atoms with Crippen LogP contribution in [0.25, 0.3) is 0 Å². The molecule has 0 amide bonds. The van der Waals surface area contributed by atoms with Crippen LogP contribution < -0.4 is 5.32 Å². The maximum atomic E-state index is 6.02. The van der Waals surface area contributed by atoms with Crippen LogP contribution in [0.4, 0.5) is 0 Å². The Labute approximate surface area is 116 Å². The number of halogens is 1. The van der Waals surface area contributed by atoms with Gasteiger partial charge in [-0.2, -0.15) is 0 Å². The molecule has 1 aromatic carbocycles. The van der Waals surface area contributed by atoms with Gasteiger partial charge in [0.1, 0.15) is 0 Å². The molecule has 100 valence electrons. The van der Waals surface area contributed by atoms with Crippen molar-refractivity contribution in [3.8, 4) is 0 Å². The van der Waals surface area contributed by atoms with Crippen molar-refractivity contribution in [2.24, 2.45) is 0 Å². The van der Waals surface area contributed by atoms with E-state index in [-0.39, 0.29) is 0 Å². The number of hydrogen-bond donors (Lipinski definition) is 1. The number of rotatable bonds is 4. The highest BCUT2D eigenvalue weighted by Gasteiger charge is 2.32. The molecule has 1 saturated carbocycles. The first-order chi connectivity index (χ1) is 8.77. The zero-order valence-electron chi connectivity index (χ0n) is 11.3. The Hall–Kier alpha value is -0.530. The zero-order chi connectivity index (χ0) is 12.8. The summed E-state index contributed by atoms with van der Waals surface area (Å²) in [5.41, 5.74) is 1.80. The van der Waals surface area contributed by atoms with Crippen LogP contribution in [0.15, 0.2) is 24.3 Å². The average molecular weight is 266 g/mol. The zero-order valence-corrected chi connectivity index (χ0v) is 12.1. The molecular formula is C16H24ClN. The van der Waals surface area contributed by atoms with Gasteiger partial charge in [-0.15, -0.1) is 0 Å². The van der Waals surface area contributed by atoms with E-state index in [1.807, 2.05) is 12.1 Å². The van der Waals surface area contributed by atoms with Crippen molar-refractivity contribution in [1.29, 1.82) is 0 Å². The number of benzene rings is 1. The van der Waals surface area contributed by atoms with Gasteiger partial charge in [0, 0.05) is 17.0 Å². The van der Waals surface area contributed by atoms with Gasteiger partial charge in [-0.3, -0.25) is 0 Å². The maximum absolute atomic E-state index is 6.02. The van der Waals surface area contributed by atoms with Gasteiger partial charge in [-0.1, -0.05) is 56.3 Å². The maximum Gasteiger partial charge on any atom is 0.0406 e. The molecule has 0 atom stereocenters.